The fourth-order valence-electron chi connectivity index (χ4n) is 1.20. The van der Waals surface area contributed by atoms with Crippen LogP contribution in [0.2, 0.25) is 0 Å². The number of nitrogens with zero attached hydrogens (tertiary/aromatic N) is 1. The minimum atomic E-state index is -0.404. The standard InChI is InChI=1S/C10H14N2O3/c1-8-7-9(15-6-2-5-11)3-4-10(8)12(13)14/h3-4,7H,2,5-6,11H2,1H3. The number of hydrogen-bond donors (Lipinski definition) is 1. The molecule has 0 aliphatic rings. The highest BCUT2D eigenvalue weighted by atomic mass is 16.6. The first-order valence-corrected chi connectivity index (χ1v) is 4.73. The van der Waals surface area contributed by atoms with Gasteiger partial charge in [0.1, 0.15) is 5.75 Å². The Morgan fingerprint density at radius 1 is 1.53 bits per heavy atom. The number of aryl methyl sites for hydroxylation is 1. The molecule has 0 unspecified atom stereocenters. The molecule has 1 aromatic carbocycles. The molecule has 0 aromatic heterocycles. The molecule has 0 saturated carbocycles. The van der Waals surface area contributed by atoms with E-state index in [2.05, 4.69) is 0 Å². The summed E-state index contributed by atoms with van der Waals surface area (Å²) in [7, 11) is 0. The minimum Gasteiger partial charge on any atom is -0.494 e. The van der Waals surface area contributed by atoms with Gasteiger partial charge in [-0.05, 0) is 32.0 Å². The van der Waals surface area contributed by atoms with Crippen LogP contribution >= 0.6 is 0 Å². The molecule has 0 saturated heterocycles. The van der Waals surface area contributed by atoms with Crippen molar-refractivity contribution < 1.29 is 9.66 Å². The Hall–Kier alpha value is -1.62. The molecule has 0 radical (unpaired) electrons. The van der Waals surface area contributed by atoms with Crippen molar-refractivity contribution in [2.45, 2.75) is 13.3 Å². The number of rotatable bonds is 5. The summed E-state index contributed by atoms with van der Waals surface area (Å²) in [6, 6.07) is 4.71. The van der Waals surface area contributed by atoms with Gasteiger partial charge in [-0.2, -0.15) is 0 Å². The average molecular weight is 210 g/mol. The first kappa shape index (κ1) is 11.5. The number of ether oxygens (including phenoxy) is 1. The number of hydrogen-bond acceptors (Lipinski definition) is 4. The van der Waals surface area contributed by atoms with Crippen molar-refractivity contribution >= 4 is 5.69 Å². The highest BCUT2D eigenvalue weighted by Crippen LogP contribution is 2.22. The van der Waals surface area contributed by atoms with E-state index in [4.69, 9.17) is 10.5 Å². The summed E-state index contributed by atoms with van der Waals surface area (Å²) in [6.07, 6.45) is 0.774. The summed E-state index contributed by atoms with van der Waals surface area (Å²) in [6.45, 7) is 2.80. The van der Waals surface area contributed by atoms with Crippen LogP contribution < -0.4 is 10.5 Å². The van der Waals surface area contributed by atoms with Crippen molar-refractivity contribution in [2.75, 3.05) is 13.2 Å². The smallest absolute Gasteiger partial charge is 0.272 e. The van der Waals surface area contributed by atoms with Crippen LogP contribution in [0.25, 0.3) is 0 Å². The van der Waals surface area contributed by atoms with Crippen molar-refractivity contribution in [3.8, 4) is 5.75 Å². The fourth-order valence-corrected chi connectivity index (χ4v) is 1.20. The van der Waals surface area contributed by atoms with Crippen LogP contribution in [0.1, 0.15) is 12.0 Å². The summed E-state index contributed by atoms with van der Waals surface area (Å²) in [5.74, 6) is 0.645. The Bertz CT molecular complexity index is 353. The zero-order valence-electron chi connectivity index (χ0n) is 8.60. The van der Waals surface area contributed by atoms with E-state index >= 15 is 0 Å². The second kappa shape index (κ2) is 5.31. The average Bonchev–Trinajstić information content (AvgIpc) is 2.17. The molecule has 82 valence electrons. The van der Waals surface area contributed by atoms with Crippen LogP contribution in [0.3, 0.4) is 0 Å². The predicted octanol–water partition coefficient (Wildman–Crippen LogP) is 1.63. The normalized spacial score (nSPS) is 10.0. The molecule has 5 nitrogen and oxygen atoms in total. The van der Waals surface area contributed by atoms with E-state index in [-0.39, 0.29) is 5.69 Å². The van der Waals surface area contributed by atoms with E-state index in [1.54, 1.807) is 19.1 Å². The molecule has 15 heavy (non-hydrogen) atoms. The zero-order valence-corrected chi connectivity index (χ0v) is 8.60. The predicted molar refractivity (Wildman–Crippen MR) is 57.0 cm³/mol. The Labute approximate surface area is 88.0 Å². The van der Waals surface area contributed by atoms with E-state index < -0.39 is 4.92 Å². The maximum Gasteiger partial charge on any atom is 0.272 e. The largest absolute Gasteiger partial charge is 0.494 e. The van der Waals surface area contributed by atoms with Crippen molar-refractivity contribution in [1.82, 2.24) is 0 Å². The van der Waals surface area contributed by atoms with Crippen LogP contribution in [-0.4, -0.2) is 18.1 Å². The quantitative estimate of drug-likeness (QED) is 0.455. The molecule has 0 spiro atoms. The molecule has 5 heteroatoms. The Balaban J connectivity index is 2.69. The molecule has 1 rings (SSSR count). The zero-order chi connectivity index (χ0) is 11.3. The van der Waals surface area contributed by atoms with Gasteiger partial charge in [0.25, 0.3) is 5.69 Å². The Morgan fingerprint density at radius 2 is 2.27 bits per heavy atom. The maximum atomic E-state index is 10.5. The van der Waals surface area contributed by atoms with Gasteiger partial charge in [-0.15, -0.1) is 0 Å². The molecule has 0 heterocycles. The third kappa shape index (κ3) is 3.21. The lowest BCUT2D eigenvalue weighted by Gasteiger charge is -2.05. The van der Waals surface area contributed by atoms with E-state index in [1.807, 2.05) is 0 Å². The van der Waals surface area contributed by atoms with Gasteiger partial charge < -0.3 is 10.5 Å². The summed E-state index contributed by atoms with van der Waals surface area (Å²) >= 11 is 0. The lowest BCUT2D eigenvalue weighted by molar-refractivity contribution is -0.385. The molecular weight excluding hydrogens is 196 g/mol. The minimum absolute atomic E-state index is 0.112. The van der Waals surface area contributed by atoms with Crippen LogP contribution in [0.5, 0.6) is 5.75 Å². The van der Waals surface area contributed by atoms with Crippen molar-refractivity contribution in [2.24, 2.45) is 5.73 Å². The van der Waals surface area contributed by atoms with Gasteiger partial charge in [-0.3, -0.25) is 10.1 Å². The van der Waals surface area contributed by atoms with Gasteiger partial charge in [-0.1, -0.05) is 0 Å². The van der Waals surface area contributed by atoms with Crippen LogP contribution in [0.15, 0.2) is 18.2 Å². The summed E-state index contributed by atoms with van der Waals surface area (Å²) < 4.78 is 5.36. The Morgan fingerprint density at radius 3 is 2.80 bits per heavy atom. The molecule has 2 N–H and O–H groups in total. The molecule has 0 fully saturated rings. The summed E-state index contributed by atoms with van der Waals surface area (Å²) in [5, 5.41) is 10.5. The lowest BCUT2D eigenvalue weighted by Crippen LogP contribution is -2.06. The summed E-state index contributed by atoms with van der Waals surface area (Å²) in [4.78, 5) is 10.1. The van der Waals surface area contributed by atoms with Crippen molar-refractivity contribution in [3.05, 3.63) is 33.9 Å². The lowest BCUT2D eigenvalue weighted by atomic mass is 10.2. The van der Waals surface area contributed by atoms with Crippen LogP contribution in [0.4, 0.5) is 5.69 Å². The molecule has 0 bridgehead atoms. The number of nitro groups is 1. The van der Waals surface area contributed by atoms with E-state index in [0.717, 1.165) is 6.42 Å². The molecule has 1 aromatic rings. The Kier molecular flexibility index (Phi) is 4.05. The van der Waals surface area contributed by atoms with Crippen LogP contribution in [0, 0.1) is 17.0 Å². The van der Waals surface area contributed by atoms with Gasteiger partial charge in [-0.25, -0.2) is 0 Å². The maximum absolute atomic E-state index is 10.5. The van der Waals surface area contributed by atoms with Gasteiger partial charge in [0, 0.05) is 11.6 Å². The molecule has 0 aliphatic heterocycles. The molecule has 0 aliphatic carbocycles. The fraction of sp³-hybridized carbons (Fsp3) is 0.400. The highest BCUT2D eigenvalue weighted by Gasteiger charge is 2.10. The second-order valence-electron chi connectivity index (χ2n) is 3.20. The second-order valence-corrected chi connectivity index (χ2v) is 3.20. The van der Waals surface area contributed by atoms with Gasteiger partial charge in [0.2, 0.25) is 0 Å². The van der Waals surface area contributed by atoms with Crippen molar-refractivity contribution in [1.29, 1.82) is 0 Å². The van der Waals surface area contributed by atoms with Crippen molar-refractivity contribution in [3.63, 3.8) is 0 Å². The summed E-state index contributed by atoms with van der Waals surface area (Å²) in [5.41, 5.74) is 6.03. The number of nitro benzene ring substituents is 1. The van der Waals surface area contributed by atoms with Crippen LogP contribution in [-0.2, 0) is 0 Å². The van der Waals surface area contributed by atoms with Gasteiger partial charge in [0.15, 0.2) is 0 Å². The van der Waals surface area contributed by atoms with Gasteiger partial charge >= 0.3 is 0 Å². The molecular formula is C10H14N2O3. The third-order valence-corrected chi connectivity index (χ3v) is 1.98. The van der Waals surface area contributed by atoms with Gasteiger partial charge in [0.05, 0.1) is 11.5 Å². The highest BCUT2D eigenvalue weighted by molar-refractivity contribution is 5.44. The van der Waals surface area contributed by atoms with E-state index in [9.17, 15) is 10.1 Å². The topological polar surface area (TPSA) is 78.4 Å². The van der Waals surface area contributed by atoms with E-state index in [1.165, 1.54) is 6.07 Å². The molecule has 0 amide bonds. The monoisotopic (exact) mass is 210 g/mol. The first-order valence-electron chi connectivity index (χ1n) is 4.73. The molecule has 0 atom stereocenters. The first-order chi connectivity index (χ1) is 7.15. The SMILES string of the molecule is Cc1cc(OCCCN)ccc1[N+](=O)[O-]. The number of nitrogens with two attached hydrogens (primary N) is 1. The van der Waals surface area contributed by atoms with E-state index in [0.29, 0.717) is 24.5 Å². The number of benzene rings is 1. The third-order valence-electron chi connectivity index (χ3n) is 1.98.